The van der Waals surface area contributed by atoms with Crippen LogP contribution in [0.4, 0.5) is 0 Å². The van der Waals surface area contributed by atoms with Gasteiger partial charge in [-0.3, -0.25) is 4.57 Å². The van der Waals surface area contributed by atoms with E-state index in [1.54, 1.807) is 21.3 Å². The molecule has 2 unspecified atom stereocenters. The lowest BCUT2D eigenvalue weighted by Crippen LogP contribution is -2.29. The summed E-state index contributed by atoms with van der Waals surface area (Å²) >= 11 is 3.65. The van der Waals surface area contributed by atoms with Gasteiger partial charge in [-0.05, 0) is 33.0 Å². The summed E-state index contributed by atoms with van der Waals surface area (Å²) in [5.74, 6) is 1.64. The Morgan fingerprint density at radius 3 is 2.27 bits per heavy atom. The maximum atomic E-state index is 12.0. The van der Waals surface area contributed by atoms with E-state index < -0.39 is 7.67 Å². The van der Waals surface area contributed by atoms with Gasteiger partial charge in [-0.1, -0.05) is 40.2 Å². The molecular formula is C18H26BrN2O4P. The molecule has 2 aromatic rings. The number of alkyl halides is 1. The van der Waals surface area contributed by atoms with Crippen molar-refractivity contribution in [1.82, 2.24) is 9.76 Å². The van der Waals surface area contributed by atoms with Crippen LogP contribution in [0.25, 0.3) is 10.8 Å². The quantitative estimate of drug-likeness (QED) is 0.477. The average molecular weight is 445 g/mol. The second-order valence-corrected chi connectivity index (χ2v) is 9.64. The number of nitrogens with zero attached hydrogens (tertiary/aromatic N) is 1. The van der Waals surface area contributed by atoms with Crippen LogP contribution in [-0.4, -0.2) is 49.3 Å². The smallest absolute Gasteiger partial charge is 0.340 e. The molecule has 6 nitrogen and oxygen atoms in total. The van der Waals surface area contributed by atoms with Crippen molar-refractivity contribution in [3.05, 3.63) is 35.4 Å². The van der Waals surface area contributed by atoms with Crippen LogP contribution in [0.15, 0.2) is 24.3 Å². The molecule has 0 radical (unpaired) electrons. The van der Waals surface area contributed by atoms with E-state index in [1.165, 1.54) is 11.7 Å². The number of ether oxygens (including phenoxy) is 2. The summed E-state index contributed by atoms with van der Waals surface area (Å²) in [4.78, 5) is 9.85. The van der Waals surface area contributed by atoms with Crippen molar-refractivity contribution in [3.8, 4) is 11.5 Å². The van der Waals surface area contributed by atoms with Gasteiger partial charge in [0.25, 0.3) is 0 Å². The van der Waals surface area contributed by atoms with Crippen molar-refractivity contribution in [2.45, 2.75) is 18.2 Å². The Bertz CT molecular complexity index is 830. The highest BCUT2D eigenvalue weighted by Crippen LogP contribution is 2.42. The van der Waals surface area contributed by atoms with E-state index in [0.29, 0.717) is 13.0 Å². The van der Waals surface area contributed by atoms with Crippen LogP contribution in [0, 0.1) is 6.92 Å². The van der Waals surface area contributed by atoms with Gasteiger partial charge in [-0.2, -0.15) is 0 Å². The molecule has 0 amide bonds. The van der Waals surface area contributed by atoms with E-state index >= 15 is 0 Å². The standard InChI is InChI=1S/C18H26BrN2O4P/c1-12-16(10-13(19)11-21(3)26(22,23)20-2)18(25-5)15-9-7-6-8-14(15)17(12)24-4/h6-9,13H,10-11H2,1-5H3,(H2,20,22,23). The van der Waals surface area contributed by atoms with E-state index in [2.05, 4.69) is 21.0 Å². The van der Waals surface area contributed by atoms with E-state index in [9.17, 15) is 9.46 Å². The van der Waals surface area contributed by atoms with Gasteiger partial charge in [0.2, 0.25) is 0 Å². The number of hydrogen-bond acceptors (Lipinski definition) is 3. The fraction of sp³-hybridized carbons (Fsp3) is 0.444. The van der Waals surface area contributed by atoms with Crippen molar-refractivity contribution < 1.29 is 18.9 Å². The molecule has 0 aliphatic carbocycles. The lowest BCUT2D eigenvalue weighted by Gasteiger charge is -2.26. The molecule has 0 saturated heterocycles. The molecule has 0 aliphatic rings. The summed E-state index contributed by atoms with van der Waals surface area (Å²) in [5, 5.41) is 4.45. The van der Waals surface area contributed by atoms with Gasteiger partial charge in [0.1, 0.15) is 11.5 Å². The first kappa shape index (κ1) is 21.2. The molecule has 8 heteroatoms. The summed E-state index contributed by atoms with van der Waals surface area (Å²) in [7, 11) is 2.91. The van der Waals surface area contributed by atoms with Gasteiger partial charge in [0.05, 0.1) is 14.2 Å². The number of hydrogen-bond donors (Lipinski definition) is 2. The fourth-order valence-electron chi connectivity index (χ4n) is 3.15. The molecule has 0 aliphatic heterocycles. The number of methoxy groups -OCH3 is 2. The normalized spacial score (nSPS) is 15.1. The molecule has 2 atom stereocenters. The molecular weight excluding hydrogens is 419 g/mol. The van der Waals surface area contributed by atoms with Gasteiger partial charge >= 0.3 is 7.67 Å². The van der Waals surface area contributed by atoms with Crippen molar-refractivity contribution in [3.63, 3.8) is 0 Å². The maximum Gasteiger partial charge on any atom is 0.340 e. The highest BCUT2D eigenvalue weighted by molar-refractivity contribution is 9.09. The number of nitrogens with one attached hydrogen (secondary N) is 1. The van der Waals surface area contributed by atoms with Gasteiger partial charge < -0.3 is 14.4 Å². The van der Waals surface area contributed by atoms with Crippen LogP contribution in [0.2, 0.25) is 0 Å². The highest BCUT2D eigenvalue weighted by Gasteiger charge is 2.26. The van der Waals surface area contributed by atoms with Crippen LogP contribution >= 0.6 is 23.6 Å². The third kappa shape index (κ3) is 4.24. The van der Waals surface area contributed by atoms with Crippen molar-refractivity contribution in [2.75, 3.05) is 34.9 Å². The van der Waals surface area contributed by atoms with Gasteiger partial charge in [0.15, 0.2) is 0 Å². The molecule has 0 saturated carbocycles. The Morgan fingerprint density at radius 1 is 1.23 bits per heavy atom. The number of benzene rings is 2. The largest absolute Gasteiger partial charge is 0.496 e. The molecule has 2 aromatic carbocycles. The van der Waals surface area contributed by atoms with Crippen LogP contribution < -0.4 is 14.6 Å². The van der Waals surface area contributed by atoms with Gasteiger partial charge in [-0.25, -0.2) is 9.76 Å². The SMILES string of the molecule is CNP(=O)(O)N(C)CC(Br)Cc1c(C)c(OC)c2ccccc2c1OC. The molecule has 26 heavy (non-hydrogen) atoms. The molecule has 0 aromatic heterocycles. The third-order valence-electron chi connectivity index (χ3n) is 4.53. The number of fused-ring (bicyclic) bond motifs is 1. The Balaban J connectivity index is 2.43. The lowest BCUT2D eigenvalue weighted by atomic mass is 9.95. The van der Waals surface area contributed by atoms with Crippen molar-refractivity contribution in [2.24, 2.45) is 0 Å². The number of rotatable bonds is 8. The average Bonchev–Trinajstić information content (AvgIpc) is 2.62. The van der Waals surface area contributed by atoms with Gasteiger partial charge in [-0.15, -0.1) is 0 Å². The predicted molar refractivity (Wildman–Crippen MR) is 110 cm³/mol. The molecule has 0 bridgehead atoms. The van der Waals surface area contributed by atoms with E-state index in [4.69, 9.17) is 9.47 Å². The Kier molecular flexibility index (Phi) is 7.11. The van der Waals surface area contributed by atoms with E-state index in [0.717, 1.165) is 33.4 Å². The first-order chi connectivity index (χ1) is 12.3. The Labute approximate surface area is 163 Å². The highest BCUT2D eigenvalue weighted by atomic mass is 79.9. The molecule has 2 N–H and O–H groups in total. The molecule has 2 rings (SSSR count). The minimum absolute atomic E-state index is 0.0419. The summed E-state index contributed by atoms with van der Waals surface area (Å²) in [6, 6.07) is 7.97. The summed E-state index contributed by atoms with van der Waals surface area (Å²) in [6.45, 7) is 2.41. The van der Waals surface area contributed by atoms with Crippen molar-refractivity contribution >= 4 is 34.4 Å². The molecule has 0 fully saturated rings. The number of halogens is 1. The first-order valence-corrected chi connectivity index (χ1v) is 10.8. The summed E-state index contributed by atoms with van der Waals surface area (Å²) in [5.41, 5.74) is 2.03. The van der Waals surface area contributed by atoms with Crippen molar-refractivity contribution in [1.29, 1.82) is 0 Å². The zero-order chi connectivity index (χ0) is 19.5. The van der Waals surface area contributed by atoms with Crippen LogP contribution in [0.1, 0.15) is 11.1 Å². The van der Waals surface area contributed by atoms with Crippen LogP contribution in [-0.2, 0) is 11.0 Å². The fourth-order valence-corrected chi connectivity index (χ4v) is 4.89. The predicted octanol–water partition coefficient (Wildman–Crippen LogP) is 3.72. The second-order valence-electron chi connectivity index (χ2n) is 6.12. The second kappa shape index (κ2) is 8.72. The molecule has 0 heterocycles. The van der Waals surface area contributed by atoms with Gasteiger partial charge in [0, 0.05) is 27.7 Å². The summed E-state index contributed by atoms with van der Waals surface area (Å²) < 4.78 is 24.8. The van der Waals surface area contributed by atoms with Crippen LogP contribution in [0.3, 0.4) is 0 Å². The third-order valence-corrected chi connectivity index (χ3v) is 6.82. The zero-order valence-corrected chi connectivity index (χ0v) is 18.2. The van der Waals surface area contributed by atoms with E-state index in [-0.39, 0.29) is 4.83 Å². The van der Waals surface area contributed by atoms with E-state index in [1.807, 2.05) is 31.2 Å². The first-order valence-electron chi connectivity index (χ1n) is 8.26. The zero-order valence-electron chi connectivity index (χ0n) is 15.7. The molecule has 0 spiro atoms. The van der Waals surface area contributed by atoms with Crippen LogP contribution in [0.5, 0.6) is 11.5 Å². The lowest BCUT2D eigenvalue weighted by molar-refractivity contribution is 0.370. The minimum atomic E-state index is -3.51. The summed E-state index contributed by atoms with van der Waals surface area (Å²) in [6.07, 6.45) is 0.629. The minimum Gasteiger partial charge on any atom is -0.496 e. The molecule has 144 valence electrons. The Morgan fingerprint density at radius 2 is 1.77 bits per heavy atom. The maximum absolute atomic E-state index is 12.0. The topological polar surface area (TPSA) is 71.0 Å². The Hall–Kier alpha value is -1.11. The monoisotopic (exact) mass is 444 g/mol.